The number of nitrogens with zero attached hydrogens (tertiary/aromatic N) is 3. The summed E-state index contributed by atoms with van der Waals surface area (Å²) in [7, 11) is 0. The Hall–Kier alpha value is -1.55. The molecule has 1 aromatic heterocycles. The van der Waals surface area contributed by atoms with Gasteiger partial charge in [0, 0.05) is 31.6 Å². The lowest BCUT2D eigenvalue weighted by Gasteiger charge is -2.35. The fraction of sp³-hybridized carbons (Fsp3) is 0.611. The molecule has 2 aromatic rings. The summed E-state index contributed by atoms with van der Waals surface area (Å²) < 4.78 is 0. The topological polar surface area (TPSA) is 35.2 Å². The molecule has 0 bridgehead atoms. The Morgan fingerprint density at radius 3 is 2.64 bits per heavy atom. The van der Waals surface area contributed by atoms with Crippen molar-refractivity contribution in [2.75, 3.05) is 37.6 Å². The van der Waals surface area contributed by atoms with Gasteiger partial charge in [0.1, 0.15) is 0 Å². The molecule has 4 heteroatoms. The van der Waals surface area contributed by atoms with E-state index in [4.69, 9.17) is 0 Å². The first-order chi connectivity index (χ1) is 10.9. The van der Waals surface area contributed by atoms with Gasteiger partial charge in [-0.2, -0.15) is 5.10 Å². The third-order valence-electron chi connectivity index (χ3n) is 5.45. The molecule has 0 amide bonds. The fourth-order valence-corrected chi connectivity index (χ4v) is 4.04. The van der Waals surface area contributed by atoms with Crippen LogP contribution in [0.5, 0.6) is 0 Å². The van der Waals surface area contributed by atoms with Gasteiger partial charge in [0.05, 0.1) is 5.52 Å². The number of aromatic nitrogens is 2. The first-order valence-electron chi connectivity index (χ1n) is 8.80. The van der Waals surface area contributed by atoms with Gasteiger partial charge in [-0.15, -0.1) is 0 Å². The number of para-hydroxylation sites is 1. The minimum absolute atomic E-state index is 1.01. The summed E-state index contributed by atoms with van der Waals surface area (Å²) in [5.41, 5.74) is 1.14. The molecule has 0 atom stereocenters. The molecule has 22 heavy (non-hydrogen) atoms. The third-order valence-corrected chi connectivity index (χ3v) is 5.45. The maximum absolute atomic E-state index is 4.54. The molecule has 4 nitrogen and oxygen atoms in total. The molecule has 0 unspecified atom stereocenters. The lowest BCUT2D eigenvalue weighted by atomic mass is 10.0. The lowest BCUT2D eigenvalue weighted by molar-refractivity contribution is 0.238. The minimum Gasteiger partial charge on any atom is -0.352 e. The number of piperazine rings is 1. The van der Waals surface area contributed by atoms with Gasteiger partial charge in [-0.05, 0) is 31.0 Å². The summed E-state index contributed by atoms with van der Waals surface area (Å²) in [6, 6.07) is 8.43. The van der Waals surface area contributed by atoms with Crippen molar-refractivity contribution < 1.29 is 0 Å². The van der Waals surface area contributed by atoms with Gasteiger partial charge in [0.25, 0.3) is 0 Å². The number of fused-ring (bicyclic) bond motifs is 1. The Kier molecular flexibility index (Phi) is 4.02. The molecule has 1 aromatic carbocycles. The van der Waals surface area contributed by atoms with Crippen LogP contribution in [0, 0.1) is 5.92 Å². The molecule has 0 radical (unpaired) electrons. The third kappa shape index (κ3) is 2.84. The number of hydrogen-bond acceptors (Lipinski definition) is 3. The lowest BCUT2D eigenvalue weighted by Crippen LogP contribution is -2.47. The van der Waals surface area contributed by atoms with Crippen LogP contribution in [0.1, 0.15) is 32.1 Å². The first kappa shape index (κ1) is 14.1. The van der Waals surface area contributed by atoms with Gasteiger partial charge in [0.15, 0.2) is 5.82 Å². The Morgan fingerprint density at radius 1 is 1.05 bits per heavy atom. The summed E-state index contributed by atoms with van der Waals surface area (Å²) in [4.78, 5) is 5.08. The molecule has 1 aliphatic carbocycles. The predicted molar refractivity (Wildman–Crippen MR) is 91.3 cm³/mol. The van der Waals surface area contributed by atoms with Crippen LogP contribution in [0.4, 0.5) is 5.82 Å². The van der Waals surface area contributed by atoms with Gasteiger partial charge < -0.3 is 4.90 Å². The normalized spacial score (nSPS) is 21.0. The highest BCUT2D eigenvalue weighted by Crippen LogP contribution is 2.28. The highest BCUT2D eigenvalue weighted by Gasteiger charge is 2.22. The molecule has 0 spiro atoms. The van der Waals surface area contributed by atoms with E-state index in [2.05, 4.69) is 44.3 Å². The zero-order valence-electron chi connectivity index (χ0n) is 13.3. The first-order valence-corrected chi connectivity index (χ1v) is 8.80. The van der Waals surface area contributed by atoms with Crippen LogP contribution in [0.15, 0.2) is 24.3 Å². The zero-order chi connectivity index (χ0) is 14.8. The Morgan fingerprint density at radius 2 is 1.82 bits per heavy atom. The second-order valence-corrected chi connectivity index (χ2v) is 6.86. The summed E-state index contributed by atoms with van der Waals surface area (Å²) in [5, 5.41) is 8.94. The van der Waals surface area contributed by atoms with Crippen molar-refractivity contribution in [3.8, 4) is 0 Å². The quantitative estimate of drug-likeness (QED) is 0.941. The molecule has 2 fully saturated rings. The van der Waals surface area contributed by atoms with E-state index >= 15 is 0 Å². The van der Waals surface area contributed by atoms with Gasteiger partial charge in [-0.3, -0.25) is 10.00 Å². The SMILES string of the molecule is c1ccc2c(N3CCN(CCC4CCCC4)CC3)n[nH]c2c1. The number of benzene rings is 1. The summed E-state index contributed by atoms with van der Waals surface area (Å²) in [5.74, 6) is 2.14. The van der Waals surface area contributed by atoms with Crippen molar-refractivity contribution in [2.45, 2.75) is 32.1 Å². The number of nitrogens with one attached hydrogen (secondary N) is 1. The number of rotatable bonds is 4. The second kappa shape index (κ2) is 6.29. The van der Waals surface area contributed by atoms with Crippen molar-refractivity contribution in [3.63, 3.8) is 0 Å². The Balaban J connectivity index is 1.33. The molecule has 4 rings (SSSR count). The monoisotopic (exact) mass is 298 g/mol. The average molecular weight is 298 g/mol. The van der Waals surface area contributed by atoms with Gasteiger partial charge in [-0.25, -0.2) is 0 Å². The smallest absolute Gasteiger partial charge is 0.158 e. The van der Waals surface area contributed by atoms with Crippen LogP contribution in [-0.4, -0.2) is 47.8 Å². The van der Waals surface area contributed by atoms with Crippen LogP contribution in [0.2, 0.25) is 0 Å². The average Bonchev–Trinajstić information content (AvgIpc) is 3.23. The largest absolute Gasteiger partial charge is 0.352 e. The highest BCUT2D eigenvalue weighted by atomic mass is 15.3. The van der Waals surface area contributed by atoms with Crippen molar-refractivity contribution in [2.24, 2.45) is 5.92 Å². The summed E-state index contributed by atoms with van der Waals surface area (Å²) in [6.45, 7) is 5.83. The Bertz CT molecular complexity index is 606. The van der Waals surface area contributed by atoms with E-state index < -0.39 is 0 Å². The van der Waals surface area contributed by atoms with Crippen LogP contribution in [-0.2, 0) is 0 Å². The number of H-pyrrole nitrogens is 1. The second-order valence-electron chi connectivity index (χ2n) is 6.86. The standard InChI is InChI=1S/C18H26N4/c1-2-6-15(5-1)9-10-21-11-13-22(14-12-21)18-16-7-3-4-8-17(16)19-20-18/h3-4,7-8,15H,1-2,5-6,9-14H2,(H,19,20). The zero-order valence-corrected chi connectivity index (χ0v) is 13.3. The van der Waals surface area contributed by atoms with E-state index in [1.165, 1.54) is 57.1 Å². The van der Waals surface area contributed by atoms with Crippen molar-refractivity contribution in [1.82, 2.24) is 15.1 Å². The van der Waals surface area contributed by atoms with Crippen molar-refractivity contribution >= 4 is 16.7 Å². The Labute approximate surface area is 132 Å². The number of aromatic amines is 1. The molecule has 2 heterocycles. The molecule has 1 N–H and O–H groups in total. The van der Waals surface area contributed by atoms with Crippen molar-refractivity contribution in [1.29, 1.82) is 0 Å². The van der Waals surface area contributed by atoms with Crippen LogP contribution in [0.25, 0.3) is 10.9 Å². The number of anilines is 1. The molecular weight excluding hydrogens is 272 g/mol. The molecule has 1 saturated carbocycles. The van der Waals surface area contributed by atoms with E-state index in [0.717, 1.165) is 30.3 Å². The van der Waals surface area contributed by atoms with Gasteiger partial charge in [0.2, 0.25) is 0 Å². The summed E-state index contributed by atoms with van der Waals surface area (Å²) >= 11 is 0. The van der Waals surface area contributed by atoms with Crippen LogP contribution in [0.3, 0.4) is 0 Å². The molecule has 2 aliphatic rings. The van der Waals surface area contributed by atoms with E-state index in [-0.39, 0.29) is 0 Å². The maximum atomic E-state index is 4.54. The van der Waals surface area contributed by atoms with E-state index in [9.17, 15) is 0 Å². The fourth-order valence-electron chi connectivity index (χ4n) is 4.04. The van der Waals surface area contributed by atoms with Gasteiger partial charge >= 0.3 is 0 Å². The summed E-state index contributed by atoms with van der Waals surface area (Å²) in [6.07, 6.45) is 7.28. The highest BCUT2D eigenvalue weighted by molar-refractivity contribution is 5.90. The minimum atomic E-state index is 1.01. The predicted octanol–water partition coefficient (Wildman–Crippen LogP) is 3.27. The molecule has 118 valence electrons. The molecule has 1 saturated heterocycles. The maximum Gasteiger partial charge on any atom is 0.158 e. The van der Waals surface area contributed by atoms with Gasteiger partial charge in [-0.1, -0.05) is 37.8 Å². The van der Waals surface area contributed by atoms with E-state index in [1.807, 2.05) is 0 Å². The van der Waals surface area contributed by atoms with E-state index in [0.29, 0.717) is 0 Å². The van der Waals surface area contributed by atoms with Crippen molar-refractivity contribution in [3.05, 3.63) is 24.3 Å². The van der Waals surface area contributed by atoms with Crippen LogP contribution >= 0.6 is 0 Å². The van der Waals surface area contributed by atoms with E-state index in [1.54, 1.807) is 0 Å². The van der Waals surface area contributed by atoms with Crippen LogP contribution < -0.4 is 4.90 Å². The number of hydrogen-bond donors (Lipinski definition) is 1. The molecular formula is C18H26N4. The molecule has 1 aliphatic heterocycles.